The molecule has 2 aliphatic rings. The van der Waals surface area contributed by atoms with Crippen LogP contribution in [0.3, 0.4) is 0 Å². The molecule has 1 aromatic heterocycles. The zero-order valence-corrected chi connectivity index (χ0v) is 20.0. The van der Waals surface area contributed by atoms with Crippen molar-refractivity contribution in [3.8, 4) is 0 Å². The van der Waals surface area contributed by atoms with E-state index < -0.39 is 0 Å². The second-order valence-corrected chi connectivity index (χ2v) is 10.1. The smallest absolute Gasteiger partial charge is 0.227 e. The fraction of sp³-hybridized carbons (Fsp3) is 0.367. The fourth-order valence-corrected chi connectivity index (χ4v) is 5.68. The Kier molecular flexibility index (Phi) is 5.62. The SMILES string of the molecule is CCn1c2ccccc2c2cc(CN3CCC(c4cccc(NC(=O)C5CC5)c4)CC3)ccc21. The van der Waals surface area contributed by atoms with Crippen LogP contribution in [-0.4, -0.2) is 28.5 Å². The van der Waals surface area contributed by atoms with E-state index in [0.717, 1.165) is 57.5 Å². The first-order valence-electron chi connectivity index (χ1n) is 12.8. The van der Waals surface area contributed by atoms with Crippen molar-refractivity contribution < 1.29 is 4.79 Å². The van der Waals surface area contributed by atoms with E-state index in [-0.39, 0.29) is 11.8 Å². The molecule has 0 radical (unpaired) electrons. The fourth-order valence-electron chi connectivity index (χ4n) is 5.68. The molecule has 4 nitrogen and oxygen atoms in total. The maximum absolute atomic E-state index is 12.1. The van der Waals surface area contributed by atoms with Crippen molar-refractivity contribution >= 4 is 33.4 Å². The van der Waals surface area contributed by atoms with Crippen molar-refractivity contribution in [2.24, 2.45) is 5.92 Å². The summed E-state index contributed by atoms with van der Waals surface area (Å²) in [7, 11) is 0. The lowest BCUT2D eigenvalue weighted by atomic mass is 9.89. The average Bonchev–Trinajstić information content (AvgIpc) is 3.68. The van der Waals surface area contributed by atoms with Gasteiger partial charge in [-0.15, -0.1) is 0 Å². The Morgan fingerprint density at radius 1 is 0.882 bits per heavy atom. The van der Waals surface area contributed by atoms with Crippen LogP contribution >= 0.6 is 0 Å². The van der Waals surface area contributed by atoms with Gasteiger partial charge in [0.05, 0.1) is 0 Å². The van der Waals surface area contributed by atoms with Gasteiger partial charge in [0.1, 0.15) is 0 Å². The summed E-state index contributed by atoms with van der Waals surface area (Å²) in [5.74, 6) is 0.995. The first kappa shape index (κ1) is 21.4. The number of nitrogens with one attached hydrogen (secondary N) is 1. The molecule has 174 valence electrons. The summed E-state index contributed by atoms with van der Waals surface area (Å²) in [6.07, 6.45) is 4.41. The molecule has 0 bridgehead atoms. The molecule has 1 saturated carbocycles. The van der Waals surface area contributed by atoms with Crippen molar-refractivity contribution in [3.63, 3.8) is 0 Å². The lowest BCUT2D eigenvalue weighted by Crippen LogP contribution is -2.32. The molecule has 1 N–H and O–H groups in total. The van der Waals surface area contributed by atoms with E-state index >= 15 is 0 Å². The molecule has 0 spiro atoms. The molecule has 1 aliphatic heterocycles. The molecular formula is C30H33N3O. The summed E-state index contributed by atoms with van der Waals surface area (Å²) >= 11 is 0. The molecular weight excluding hydrogens is 418 g/mol. The van der Waals surface area contributed by atoms with E-state index in [4.69, 9.17) is 0 Å². The molecule has 2 heterocycles. The molecule has 6 rings (SSSR count). The minimum atomic E-state index is 0.186. The maximum Gasteiger partial charge on any atom is 0.227 e. The predicted octanol–water partition coefficient (Wildman–Crippen LogP) is 6.54. The summed E-state index contributed by atoms with van der Waals surface area (Å²) in [6.45, 7) is 6.44. The van der Waals surface area contributed by atoms with Crippen LogP contribution in [0.2, 0.25) is 0 Å². The second kappa shape index (κ2) is 8.92. The van der Waals surface area contributed by atoms with Crippen LogP contribution in [0.5, 0.6) is 0 Å². The summed E-state index contributed by atoms with van der Waals surface area (Å²) < 4.78 is 2.42. The summed E-state index contributed by atoms with van der Waals surface area (Å²) in [6, 6.07) is 24.3. The summed E-state index contributed by atoms with van der Waals surface area (Å²) in [5.41, 5.74) is 6.38. The third-order valence-electron chi connectivity index (χ3n) is 7.72. The van der Waals surface area contributed by atoms with Gasteiger partial charge in [0.25, 0.3) is 0 Å². The standard InChI is InChI=1S/C30H33N3O/c1-2-33-28-9-4-3-8-26(28)27-18-21(10-13-29(27)33)20-32-16-14-22(15-17-32)24-6-5-7-25(19-24)31-30(34)23-11-12-23/h3-10,13,18-19,22-23H,2,11-12,14-17,20H2,1H3,(H,31,34). The van der Waals surface area contributed by atoms with Crippen LogP contribution < -0.4 is 5.32 Å². The predicted molar refractivity (Wildman–Crippen MR) is 140 cm³/mol. The third-order valence-corrected chi connectivity index (χ3v) is 7.72. The number of rotatable bonds is 6. The van der Waals surface area contributed by atoms with Crippen molar-refractivity contribution in [2.45, 2.75) is 51.6 Å². The lowest BCUT2D eigenvalue weighted by Gasteiger charge is -2.32. The average molecular weight is 452 g/mol. The number of nitrogens with zero attached hydrogens (tertiary/aromatic N) is 2. The molecule has 2 fully saturated rings. The largest absolute Gasteiger partial charge is 0.341 e. The van der Waals surface area contributed by atoms with Crippen LogP contribution in [-0.2, 0) is 17.9 Å². The molecule has 1 amide bonds. The first-order valence-corrected chi connectivity index (χ1v) is 12.8. The monoisotopic (exact) mass is 451 g/mol. The Hall–Kier alpha value is -3.11. The zero-order valence-electron chi connectivity index (χ0n) is 20.0. The van der Waals surface area contributed by atoms with E-state index in [1.165, 1.54) is 32.9 Å². The van der Waals surface area contributed by atoms with E-state index in [1.54, 1.807) is 0 Å². The quantitative estimate of drug-likeness (QED) is 0.361. The number of likely N-dealkylation sites (tertiary alicyclic amines) is 1. The number of para-hydroxylation sites is 1. The summed E-state index contributed by atoms with van der Waals surface area (Å²) in [5, 5.41) is 5.83. The Labute approximate surface area is 201 Å². The number of benzene rings is 3. The number of carbonyl (C=O) groups is 1. The van der Waals surface area contributed by atoms with E-state index in [9.17, 15) is 4.79 Å². The number of hydrogen-bond acceptors (Lipinski definition) is 2. The van der Waals surface area contributed by atoms with Gasteiger partial charge in [-0.25, -0.2) is 0 Å². The van der Waals surface area contributed by atoms with Gasteiger partial charge < -0.3 is 9.88 Å². The Morgan fingerprint density at radius 2 is 1.68 bits per heavy atom. The van der Waals surface area contributed by atoms with Gasteiger partial charge in [-0.05, 0) is 93.1 Å². The zero-order chi connectivity index (χ0) is 23.1. The molecule has 0 atom stereocenters. The Balaban J connectivity index is 1.13. The number of aromatic nitrogens is 1. The third kappa shape index (κ3) is 4.12. The highest BCUT2D eigenvalue weighted by Gasteiger charge is 2.29. The second-order valence-electron chi connectivity index (χ2n) is 10.1. The normalized spacial score (nSPS) is 17.4. The van der Waals surface area contributed by atoms with E-state index in [2.05, 4.69) is 82.4 Å². The van der Waals surface area contributed by atoms with Crippen molar-refractivity contribution in [1.82, 2.24) is 9.47 Å². The first-order chi connectivity index (χ1) is 16.7. The van der Waals surface area contributed by atoms with Gasteiger partial charge in [-0.1, -0.05) is 36.4 Å². The van der Waals surface area contributed by atoms with Crippen molar-refractivity contribution in [3.05, 3.63) is 77.9 Å². The number of fused-ring (bicyclic) bond motifs is 3. The molecule has 0 unspecified atom stereocenters. The number of aryl methyl sites for hydroxylation is 1. The number of hydrogen-bond donors (Lipinski definition) is 1. The molecule has 4 aromatic rings. The Morgan fingerprint density at radius 3 is 2.47 bits per heavy atom. The van der Waals surface area contributed by atoms with Crippen molar-refractivity contribution in [1.29, 1.82) is 0 Å². The minimum absolute atomic E-state index is 0.186. The number of anilines is 1. The van der Waals surface area contributed by atoms with Crippen LogP contribution in [0.25, 0.3) is 21.8 Å². The van der Waals surface area contributed by atoms with Crippen LogP contribution in [0.1, 0.15) is 49.7 Å². The maximum atomic E-state index is 12.1. The highest BCUT2D eigenvalue weighted by Crippen LogP contribution is 2.34. The van der Waals surface area contributed by atoms with Crippen LogP contribution in [0.4, 0.5) is 5.69 Å². The highest BCUT2D eigenvalue weighted by atomic mass is 16.2. The number of amides is 1. The topological polar surface area (TPSA) is 37.3 Å². The van der Waals surface area contributed by atoms with Gasteiger partial charge >= 0.3 is 0 Å². The lowest BCUT2D eigenvalue weighted by molar-refractivity contribution is -0.117. The Bertz CT molecular complexity index is 1340. The van der Waals surface area contributed by atoms with Gasteiger partial charge in [0.15, 0.2) is 0 Å². The van der Waals surface area contributed by atoms with E-state index in [1.807, 2.05) is 6.07 Å². The highest BCUT2D eigenvalue weighted by molar-refractivity contribution is 6.08. The molecule has 4 heteroatoms. The number of carbonyl (C=O) groups excluding carboxylic acids is 1. The van der Waals surface area contributed by atoms with Crippen LogP contribution in [0, 0.1) is 5.92 Å². The van der Waals surface area contributed by atoms with Gasteiger partial charge in [0, 0.05) is 46.5 Å². The van der Waals surface area contributed by atoms with Crippen molar-refractivity contribution in [2.75, 3.05) is 18.4 Å². The van der Waals surface area contributed by atoms with Gasteiger partial charge in [0.2, 0.25) is 5.91 Å². The molecule has 34 heavy (non-hydrogen) atoms. The van der Waals surface area contributed by atoms with Gasteiger partial charge in [-0.2, -0.15) is 0 Å². The minimum Gasteiger partial charge on any atom is -0.341 e. The van der Waals surface area contributed by atoms with Crippen LogP contribution in [0.15, 0.2) is 66.7 Å². The van der Waals surface area contributed by atoms with E-state index in [0.29, 0.717) is 5.92 Å². The van der Waals surface area contributed by atoms with Gasteiger partial charge in [-0.3, -0.25) is 9.69 Å². The number of piperidine rings is 1. The molecule has 1 saturated heterocycles. The summed E-state index contributed by atoms with van der Waals surface area (Å²) in [4.78, 5) is 14.7. The molecule has 1 aliphatic carbocycles. The molecule has 3 aromatic carbocycles.